The van der Waals surface area contributed by atoms with Gasteiger partial charge in [-0.05, 0) is 30.7 Å². The van der Waals surface area contributed by atoms with Crippen LogP contribution in [0.4, 0.5) is 10.2 Å². The number of hydrogen-bond donors (Lipinski definition) is 2. The maximum Gasteiger partial charge on any atom is 0.285 e. The second kappa shape index (κ2) is 8.23. The Balaban J connectivity index is 1.75. The molecule has 9 nitrogen and oxygen atoms in total. The fourth-order valence-corrected chi connectivity index (χ4v) is 3.81. The van der Waals surface area contributed by atoms with Gasteiger partial charge in [0.15, 0.2) is 0 Å². The Labute approximate surface area is 186 Å². The number of anilines is 1. The molecular formula is C23H18FN7O2. The van der Waals surface area contributed by atoms with Gasteiger partial charge >= 0.3 is 0 Å². The van der Waals surface area contributed by atoms with Crippen LogP contribution in [0.15, 0.2) is 70.8 Å². The first-order valence-electron chi connectivity index (χ1n) is 10.3. The summed E-state index contributed by atoms with van der Waals surface area (Å²) < 4.78 is 16.0. The molecule has 0 amide bonds. The Bertz CT molecular complexity index is 1590. The molecule has 0 aliphatic heterocycles. The van der Waals surface area contributed by atoms with Gasteiger partial charge in [-0.2, -0.15) is 4.98 Å². The fraction of sp³-hybridized carbons (Fsp3) is 0.130. The van der Waals surface area contributed by atoms with Crippen molar-refractivity contribution in [2.45, 2.75) is 19.4 Å². The Hall–Kier alpha value is -4.47. The van der Waals surface area contributed by atoms with E-state index in [1.807, 2.05) is 13.0 Å². The van der Waals surface area contributed by atoms with Gasteiger partial charge in [0, 0.05) is 0 Å². The third kappa shape index (κ3) is 3.51. The number of aromatic amines is 1. The summed E-state index contributed by atoms with van der Waals surface area (Å²) in [5.41, 5.74) is 0.107. The quantitative estimate of drug-likeness (QED) is 0.428. The van der Waals surface area contributed by atoms with E-state index in [4.69, 9.17) is 0 Å². The normalized spacial score (nSPS) is 12.2. The molecule has 0 radical (unpaired) electrons. The smallest absolute Gasteiger partial charge is 0.285 e. The summed E-state index contributed by atoms with van der Waals surface area (Å²) in [7, 11) is 0. The van der Waals surface area contributed by atoms with Gasteiger partial charge in [-0.15, -0.1) is 0 Å². The third-order valence-electron chi connectivity index (χ3n) is 5.36. The molecule has 0 aliphatic carbocycles. The largest absolute Gasteiger partial charge is 0.359 e. The molecule has 10 heteroatoms. The van der Waals surface area contributed by atoms with E-state index in [2.05, 4.69) is 30.2 Å². The number of benzene rings is 2. The molecule has 2 N–H and O–H groups in total. The molecule has 0 fully saturated rings. The zero-order chi connectivity index (χ0) is 22.9. The Morgan fingerprint density at radius 3 is 2.64 bits per heavy atom. The van der Waals surface area contributed by atoms with Gasteiger partial charge in [-0.3, -0.25) is 14.2 Å². The summed E-state index contributed by atoms with van der Waals surface area (Å²) in [5, 5.41) is 3.32. The number of aromatic nitrogens is 6. The van der Waals surface area contributed by atoms with Crippen LogP contribution in [0.25, 0.3) is 27.6 Å². The highest BCUT2D eigenvalue weighted by atomic mass is 19.1. The number of H-pyrrole nitrogens is 1. The predicted octanol–water partition coefficient (Wildman–Crippen LogP) is 3.11. The molecular weight excluding hydrogens is 425 g/mol. The van der Waals surface area contributed by atoms with Crippen LogP contribution in [-0.4, -0.2) is 29.5 Å². The van der Waals surface area contributed by atoms with E-state index in [-0.39, 0.29) is 22.1 Å². The molecule has 0 saturated carbocycles. The van der Waals surface area contributed by atoms with Crippen LogP contribution in [0, 0.1) is 5.82 Å². The van der Waals surface area contributed by atoms with Gasteiger partial charge < -0.3 is 10.3 Å². The number of nitrogens with zero attached hydrogens (tertiary/aromatic N) is 5. The molecule has 1 atom stereocenters. The van der Waals surface area contributed by atoms with E-state index in [1.54, 1.807) is 30.3 Å². The van der Waals surface area contributed by atoms with Crippen molar-refractivity contribution in [3.8, 4) is 5.69 Å². The zero-order valence-corrected chi connectivity index (χ0v) is 17.5. The standard InChI is InChI=1S/C23H18FN7O2/c1-2-15(29-20-18-19(25-11-27-20)26-12-28-22(18)32)21-30-16-10-6-9-14(24)17(16)23(33)31(21)13-7-4-3-5-8-13/h3-12,15H,2H2,1H3,(H2,25,26,27,28,29,32). The van der Waals surface area contributed by atoms with E-state index in [9.17, 15) is 14.0 Å². The van der Waals surface area contributed by atoms with Gasteiger partial charge in [-0.1, -0.05) is 31.2 Å². The minimum atomic E-state index is -0.637. The second-order valence-corrected chi connectivity index (χ2v) is 7.34. The van der Waals surface area contributed by atoms with E-state index in [0.29, 0.717) is 23.6 Å². The molecule has 3 aromatic heterocycles. The topological polar surface area (TPSA) is 118 Å². The van der Waals surface area contributed by atoms with Gasteiger partial charge in [0.2, 0.25) is 0 Å². The van der Waals surface area contributed by atoms with Crippen LogP contribution in [0.3, 0.4) is 0 Å². The first-order valence-corrected chi connectivity index (χ1v) is 10.3. The number of rotatable bonds is 5. The summed E-state index contributed by atoms with van der Waals surface area (Å²) in [6, 6.07) is 12.7. The summed E-state index contributed by atoms with van der Waals surface area (Å²) in [6.45, 7) is 1.90. The maximum atomic E-state index is 14.6. The maximum absolute atomic E-state index is 14.6. The van der Waals surface area contributed by atoms with Crippen molar-refractivity contribution in [3.05, 3.63) is 93.5 Å². The van der Waals surface area contributed by atoms with Crippen molar-refractivity contribution in [2.75, 3.05) is 5.32 Å². The summed E-state index contributed by atoms with van der Waals surface area (Å²) in [6.07, 6.45) is 3.08. The monoisotopic (exact) mass is 443 g/mol. The molecule has 0 aliphatic rings. The van der Waals surface area contributed by atoms with E-state index in [0.717, 1.165) is 0 Å². The van der Waals surface area contributed by atoms with Crippen molar-refractivity contribution in [3.63, 3.8) is 0 Å². The molecule has 33 heavy (non-hydrogen) atoms. The lowest BCUT2D eigenvalue weighted by Gasteiger charge is -2.22. The summed E-state index contributed by atoms with van der Waals surface area (Å²) >= 11 is 0. The molecule has 164 valence electrons. The minimum absolute atomic E-state index is 0.0897. The van der Waals surface area contributed by atoms with Crippen LogP contribution >= 0.6 is 0 Å². The average molecular weight is 443 g/mol. The van der Waals surface area contributed by atoms with Crippen molar-refractivity contribution in [1.82, 2.24) is 29.5 Å². The number of nitrogens with one attached hydrogen (secondary N) is 2. The molecule has 5 rings (SSSR count). The second-order valence-electron chi connectivity index (χ2n) is 7.34. The highest BCUT2D eigenvalue weighted by Crippen LogP contribution is 2.26. The molecule has 3 heterocycles. The SMILES string of the molecule is CCC(Nc1ncnc2[nH]cnc(=O)c12)c1nc2cccc(F)c2c(=O)n1-c1ccccc1. The minimum Gasteiger partial charge on any atom is -0.359 e. The lowest BCUT2D eigenvalue weighted by molar-refractivity contribution is 0.630. The number of para-hydroxylation sites is 1. The fourth-order valence-electron chi connectivity index (χ4n) is 3.81. The first kappa shape index (κ1) is 20.4. The average Bonchev–Trinajstić information content (AvgIpc) is 2.83. The molecule has 0 bridgehead atoms. The van der Waals surface area contributed by atoms with Crippen LogP contribution in [0.1, 0.15) is 25.2 Å². The Morgan fingerprint density at radius 1 is 1.03 bits per heavy atom. The van der Waals surface area contributed by atoms with E-state index >= 15 is 0 Å². The lowest BCUT2D eigenvalue weighted by atomic mass is 10.1. The van der Waals surface area contributed by atoms with Gasteiger partial charge in [0.1, 0.15) is 40.2 Å². The summed E-state index contributed by atoms with van der Waals surface area (Å²) in [5.74, 6) is -0.0186. The van der Waals surface area contributed by atoms with Crippen LogP contribution < -0.4 is 16.4 Å². The molecule has 0 spiro atoms. The molecule has 5 aromatic rings. The number of halogens is 1. The first-order chi connectivity index (χ1) is 16.1. The highest BCUT2D eigenvalue weighted by Gasteiger charge is 2.23. The van der Waals surface area contributed by atoms with Crippen molar-refractivity contribution in [1.29, 1.82) is 0 Å². The summed E-state index contributed by atoms with van der Waals surface area (Å²) in [4.78, 5) is 45.4. The highest BCUT2D eigenvalue weighted by molar-refractivity contribution is 5.85. The molecule has 1 unspecified atom stereocenters. The number of fused-ring (bicyclic) bond motifs is 2. The molecule has 2 aromatic carbocycles. The van der Waals surface area contributed by atoms with Crippen molar-refractivity contribution in [2.24, 2.45) is 0 Å². The van der Waals surface area contributed by atoms with Crippen LogP contribution in [0.2, 0.25) is 0 Å². The van der Waals surface area contributed by atoms with E-state index in [1.165, 1.54) is 29.4 Å². The Kier molecular flexibility index (Phi) is 5.09. The molecule has 0 saturated heterocycles. The van der Waals surface area contributed by atoms with Crippen LogP contribution in [-0.2, 0) is 0 Å². The van der Waals surface area contributed by atoms with Crippen LogP contribution in [0.5, 0.6) is 0 Å². The van der Waals surface area contributed by atoms with Crippen molar-refractivity contribution >= 4 is 27.8 Å². The van der Waals surface area contributed by atoms with Gasteiger partial charge in [0.05, 0.1) is 23.6 Å². The van der Waals surface area contributed by atoms with E-state index < -0.39 is 23.0 Å². The van der Waals surface area contributed by atoms with Gasteiger partial charge in [-0.25, -0.2) is 19.3 Å². The predicted molar refractivity (Wildman–Crippen MR) is 122 cm³/mol. The van der Waals surface area contributed by atoms with Gasteiger partial charge in [0.25, 0.3) is 11.1 Å². The lowest BCUT2D eigenvalue weighted by Crippen LogP contribution is -2.29. The Morgan fingerprint density at radius 2 is 1.85 bits per heavy atom. The van der Waals surface area contributed by atoms with Crippen molar-refractivity contribution < 1.29 is 4.39 Å². The number of hydrogen-bond acceptors (Lipinski definition) is 7. The third-order valence-corrected chi connectivity index (χ3v) is 5.36. The zero-order valence-electron chi connectivity index (χ0n) is 17.5.